The van der Waals surface area contributed by atoms with Crippen molar-refractivity contribution in [3.05, 3.63) is 29.3 Å². The summed E-state index contributed by atoms with van der Waals surface area (Å²) < 4.78 is 16.0. The third-order valence-corrected chi connectivity index (χ3v) is 5.45. The number of carbonyl (C=O) groups excluding carboxylic acids is 1. The van der Waals surface area contributed by atoms with Crippen LogP contribution in [0.5, 0.6) is 11.5 Å². The largest absolute Gasteiger partial charge is 0.481 e. The number of carbonyl (C=O) groups is 2. The molecule has 1 fully saturated rings. The first-order valence-electron chi connectivity index (χ1n) is 8.48. The van der Waals surface area contributed by atoms with Gasteiger partial charge in [-0.15, -0.1) is 11.3 Å². The molecule has 2 aromatic rings. The molecule has 2 aliphatic heterocycles. The molecule has 4 rings (SSSR count). The number of benzene rings is 1. The number of carboxylic acids is 1. The number of carboxylic acid groups (broad SMARTS) is 1. The molecule has 142 valence electrons. The summed E-state index contributed by atoms with van der Waals surface area (Å²) >= 11 is 1.44. The van der Waals surface area contributed by atoms with E-state index in [0.29, 0.717) is 30.2 Å². The van der Waals surface area contributed by atoms with Crippen LogP contribution in [-0.4, -0.2) is 47.5 Å². The molecular formula is C18H18N2O6S. The van der Waals surface area contributed by atoms with Crippen LogP contribution in [0, 0.1) is 0 Å². The van der Waals surface area contributed by atoms with Gasteiger partial charge in [-0.25, -0.2) is 4.98 Å². The van der Waals surface area contributed by atoms with Crippen molar-refractivity contribution in [2.75, 3.05) is 20.0 Å². The molecule has 8 nitrogen and oxygen atoms in total. The van der Waals surface area contributed by atoms with E-state index in [9.17, 15) is 9.59 Å². The smallest absolute Gasteiger partial charge is 0.305 e. The molecule has 9 heteroatoms. The Hall–Kier alpha value is -2.65. The molecule has 1 saturated heterocycles. The van der Waals surface area contributed by atoms with E-state index in [-0.39, 0.29) is 32.1 Å². The maximum absolute atomic E-state index is 12.4. The van der Waals surface area contributed by atoms with Crippen LogP contribution in [0.25, 0.3) is 10.6 Å². The van der Waals surface area contributed by atoms with E-state index in [2.05, 4.69) is 10.3 Å². The maximum atomic E-state index is 12.4. The molecule has 2 aliphatic rings. The lowest BCUT2D eigenvalue weighted by atomic mass is 9.94. The van der Waals surface area contributed by atoms with Crippen LogP contribution >= 0.6 is 11.3 Å². The van der Waals surface area contributed by atoms with Gasteiger partial charge in [-0.05, 0) is 24.6 Å². The average molecular weight is 390 g/mol. The van der Waals surface area contributed by atoms with Crippen molar-refractivity contribution in [3.8, 4) is 22.1 Å². The Labute approximate surface area is 159 Å². The molecule has 1 unspecified atom stereocenters. The number of thiazole rings is 1. The zero-order valence-corrected chi connectivity index (χ0v) is 15.2. The summed E-state index contributed by atoms with van der Waals surface area (Å²) in [6.07, 6.45) is 0.422. The van der Waals surface area contributed by atoms with Gasteiger partial charge in [0.25, 0.3) is 0 Å². The molecule has 3 heterocycles. The number of nitrogens with zero attached hydrogens (tertiary/aromatic N) is 1. The van der Waals surface area contributed by atoms with Crippen molar-refractivity contribution < 1.29 is 28.9 Å². The molecule has 1 amide bonds. The van der Waals surface area contributed by atoms with Crippen molar-refractivity contribution in [2.45, 2.75) is 24.8 Å². The van der Waals surface area contributed by atoms with Crippen LogP contribution in [-0.2, 0) is 20.7 Å². The highest BCUT2D eigenvalue weighted by molar-refractivity contribution is 7.13. The Morgan fingerprint density at radius 3 is 2.93 bits per heavy atom. The molecule has 1 aromatic heterocycles. The normalized spacial score (nSPS) is 20.6. The maximum Gasteiger partial charge on any atom is 0.305 e. The van der Waals surface area contributed by atoms with Crippen molar-refractivity contribution in [3.63, 3.8) is 0 Å². The van der Waals surface area contributed by atoms with Gasteiger partial charge in [0, 0.05) is 17.6 Å². The van der Waals surface area contributed by atoms with Crippen LogP contribution < -0.4 is 14.8 Å². The van der Waals surface area contributed by atoms with Gasteiger partial charge in [-0.3, -0.25) is 9.59 Å². The monoisotopic (exact) mass is 390 g/mol. The number of aliphatic carboxylic acids is 1. The summed E-state index contributed by atoms with van der Waals surface area (Å²) in [7, 11) is 0. The SMILES string of the molecule is O=C(O)CC1(NC(=O)Cc2csc(-c3ccc4c(c3)OCO4)n2)CCOC1. The van der Waals surface area contributed by atoms with Crippen molar-refractivity contribution in [1.29, 1.82) is 0 Å². The summed E-state index contributed by atoms with van der Waals surface area (Å²) in [5, 5.41) is 14.5. The Balaban J connectivity index is 1.43. The minimum absolute atomic E-state index is 0.0857. The number of aromatic nitrogens is 1. The topological polar surface area (TPSA) is 107 Å². The fourth-order valence-corrected chi connectivity index (χ4v) is 4.05. The lowest BCUT2D eigenvalue weighted by Crippen LogP contribution is -2.51. The number of fused-ring (bicyclic) bond motifs is 1. The lowest BCUT2D eigenvalue weighted by molar-refractivity contribution is -0.139. The summed E-state index contributed by atoms with van der Waals surface area (Å²) in [5.41, 5.74) is 0.691. The zero-order valence-electron chi connectivity index (χ0n) is 14.4. The fourth-order valence-electron chi connectivity index (χ4n) is 3.23. The van der Waals surface area contributed by atoms with Crippen molar-refractivity contribution >= 4 is 23.2 Å². The van der Waals surface area contributed by atoms with Crippen LogP contribution in [0.2, 0.25) is 0 Å². The third kappa shape index (κ3) is 3.88. The van der Waals surface area contributed by atoms with Gasteiger partial charge >= 0.3 is 5.97 Å². The van der Waals surface area contributed by atoms with E-state index in [1.54, 1.807) is 0 Å². The van der Waals surface area contributed by atoms with Crippen LogP contribution in [0.15, 0.2) is 23.6 Å². The summed E-state index contributed by atoms with van der Waals surface area (Å²) in [5.74, 6) is 0.167. The van der Waals surface area contributed by atoms with E-state index in [0.717, 1.165) is 10.6 Å². The molecule has 0 aliphatic carbocycles. The first kappa shape index (κ1) is 17.7. The number of ether oxygens (including phenoxy) is 3. The summed E-state index contributed by atoms with van der Waals surface area (Å²) in [4.78, 5) is 28.0. The average Bonchev–Trinajstić information content (AvgIpc) is 3.34. The van der Waals surface area contributed by atoms with E-state index < -0.39 is 11.5 Å². The van der Waals surface area contributed by atoms with E-state index in [1.165, 1.54) is 11.3 Å². The number of rotatable bonds is 6. The summed E-state index contributed by atoms with van der Waals surface area (Å²) in [6, 6.07) is 5.60. The number of nitrogens with one attached hydrogen (secondary N) is 1. The second kappa shape index (κ2) is 7.16. The second-order valence-corrected chi connectivity index (χ2v) is 7.45. The minimum atomic E-state index is -0.959. The predicted molar refractivity (Wildman–Crippen MR) is 95.9 cm³/mol. The molecular weight excluding hydrogens is 372 g/mol. The number of amides is 1. The van der Waals surface area contributed by atoms with Crippen LogP contribution in [0.1, 0.15) is 18.5 Å². The molecule has 0 bridgehead atoms. The van der Waals surface area contributed by atoms with Crippen LogP contribution in [0.3, 0.4) is 0 Å². The Morgan fingerprint density at radius 2 is 2.15 bits per heavy atom. The van der Waals surface area contributed by atoms with Gasteiger partial charge in [-0.2, -0.15) is 0 Å². The highest BCUT2D eigenvalue weighted by atomic mass is 32.1. The van der Waals surface area contributed by atoms with Gasteiger partial charge in [0.2, 0.25) is 12.7 Å². The van der Waals surface area contributed by atoms with Crippen LogP contribution in [0.4, 0.5) is 0 Å². The predicted octanol–water partition coefficient (Wildman–Crippen LogP) is 1.83. The van der Waals surface area contributed by atoms with E-state index in [1.807, 2.05) is 23.6 Å². The molecule has 2 N–H and O–H groups in total. The van der Waals surface area contributed by atoms with Gasteiger partial charge in [0.05, 0.1) is 30.7 Å². The molecule has 0 radical (unpaired) electrons. The molecule has 27 heavy (non-hydrogen) atoms. The number of hydrogen-bond acceptors (Lipinski definition) is 7. The fraction of sp³-hybridized carbons (Fsp3) is 0.389. The molecule has 1 atom stereocenters. The highest BCUT2D eigenvalue weighted by Crippen LogP contribution is 2.36. The van der Waals surface area contributed by atoms with Crippen molar-refractivity contribution in [2.24, 2.45) is 0 Å². The Kier molecular flexibility index (Phi) is 4.71. The highest BCUT2D eigenvalue weighted by Gasteiger charge is 2.38. The Bertz CT molecular complexity index is 874. The standard InChI is InChI=1S/C18H18N2O6S/c21-15(20-18(7-16(22)23)3-4-24-9-18)6-12-8-27-17(19-12)11-1-2-13-14(5-11)26-10-25-13/h1-2,5,8H,3-4,6-7,9-10H2,(H,20,21)(H,22,23). The molecule has 0 saturated carbocycles. The molecule has 0 spiro atoms. The molecule has 1 aromatic carbocycles. The number of hydrogen-bond donors (Lipinski definition) is 2. The van der Waals surface area contributed by atoms with Gasteiger partial charge < -0.3 is 24.6 Å². The zero-order chi connectivity index (χ0) is 18.9. The Morgan fingerprint density at radius 1 is 1.30 bits per heavy atom. The van der Waals surface area contributed by atoms with Gasteiger partial charge in [-0.1, -0.05) is 0 Å². The van der Waals surface area contributed by atoms with Gasteiger partial charge in [0.1, 0.15) is 5.01 Å². The van der Waals surface area contributed by atoms with Gasteiger partial charge in [0.15, 0.2) is 11.5 Å². The third-order valence-electron chi connectivity index (χ3n) is 4.51. The first-order chi connectivity index (χ1) is 13.0. The minimum Gasteiger partial charge on any atom is -0.481 e. The lowest BCUT2D eigenvalue weighted by Gasteiger charge is -2.26. The first-order valence-corrected chi connectivity index (χ1v) is 9.36. The van der Waals surface area contributed by atoms with E-state index in [4.69, 9.17) is 19.3 Å². The van der Waals surface area contributed by atoms with Crippen molar-refractivity contribution in [1.82, 2.24) is 10.3 Å². The van der Waals surface area contributed by atoms with E-state index >= 15 is 0 Å². The quantitative estimate of drug-likeness (QED) is 0.775. The second-order valence-electron chi connectivity index (χ2n) is 6.59. The summed E-state index contributed by atoms with van der Waals surface area (Å²) in [6.45, 7) is 0.868.